The summed E-state index contributed by atoms with van der Waals surface area (Å²) in [6.45, 7) is 1.32. The van der Waals surface area contributed by atoms with E-state index in [2.05, 4.69) is 28.0 Å². The summed E-state index contributed by atoms with van der Waals surface area (Å²) in [5.74, 6) is 0.848. The van der Waals surface area contributed by atoms with E-state index in [9.17, 15) is 0 Å². The molecule has 0 aliphatic rings. The van der Waals surface area contributed by atoms with Crippen LogP contribution in [-0.2, 0) is 13.0 Å². The standard InChI is InChI=1S/C23H23N3OS/c28-23(24-17-20-9-5-2-6-10-20)26-25-18-21-11-13-22(14-12-21)27-16-15-19-7-3-1-4-8-19/h1-14,18H,15-17H2,(H2,24,26,28)/b25-18+. The van der Waals surface area contributed by atoms with Crippen LogP contribution in [0.3, 0.4) is 0 Å². The number of nitrogens with zero attached hydrogens (tertiary/aromatic N) is 1. The van der Waals surface area contributed by atoms with Crippen LogP contribution in [-0.4, -0.2) is 17.9 Å². The van der Waals surface area contributed by atoms with E-state index >= 15 is 0 Å². The van der Waals surface area contributed by atoms with Crippen molar-refractivity contribution in [3.05, 3.63) is 102 Å². The summed E-state index contributed by atoms with van der Waals surface area (Å²) in [5.41, 5.74) is 6.23. The molecule has 0 saturated carbocycles. The van der Waals surface area contributed by atoms with E-state index < -0.39 is 0 Å². The molecule has 0 aliphatic carbocycles. The maximum absolute atomic E-state index is 5.79. The molecule has 4 nitrogen and oxygen atoms in total. The Labute approximate surface area is 171 Å². The monoisotopic (exact) mass is 389 g/mol. The summed E-state index contributed by atoms with van der Waals surface area (Å²) >= 11 is 5.22. The van der Waals surface area contributed by atoms with Crippen LogP contribution in [0.1, 0.15) is 16.7 Å². The predicted molar refractivity (Wildman–Crippen MR) is 119 cm³/mol. The van der Waals surface area contributed by atoms with E-state index in [1.165, 1.54) is 11.1 Å². The van der Waals surface area contributed by atoms with Gasteiger partial charge in [-0.25, -0.2) is 0 Å². The molecule has 28 heavy (non-hydrogen) atoms. The molecule has 0 unspecified atom stereocenters. The zero-order chi connectivity index (χ0) is 19.4. The summed E-state index contributed by atoms with van der Waals surface area (Å²) < 4.78 is 5.79. The van der Waals surface area contributed by atoms with Crippen molar-refractivity contribution in [2.75, 3.05) is 6.61 Å². The Kier molecular flexibility index (Phi) is 7.58. The first kappa shape index (κ1) is 19.6. The Morgan fingerprint density at radius 3 is 2.18 bits per heavy atom. The quantitative estimate of drug-likeness (QED) is 0.342. The van der Waals surface area contributed by atoms with Gasteiger partial charge < -0.3 is 10.1 Å². The molecule has 0 bridgehead atoms. The van der Waals surface area contributed by atoms with Crippen molar-refractivity contribution in [3.63, 3.8) is 0 Å². The van der Waals surface area contributed by atoms with Crippen molar-refractivity contribution in [1.29, 1.82) is 0 Å². The highest BCUT2D eigenvalue weighted by Crippen LogP contribution is 2.12. The fourth-order valence-electron chi connectivity index (χ4n) is 2.56. The molecule has 142 valence electrons. The highest BCUT2D eigenvalue weighted by Gasteiger charge is 1.97. The van der Waals surface area contributed by atoms with Crippen molar-refractivity contribution in [2.45, 2.75) is 13.0 Å². The molecule has 0 spiro atoms. The number of hydrogen-bond acceptors (Lipinski definition) is 3. The first-order valence-electron chi connectivity index (χ1n) is 9.17. The Hall–Kier alpha value is -3.18. The van der Waals surface area contributed by atoms with Gasteiger partial charge in [-0.05, 0) is 53.2 Å². The topological polar surface area (TPSA) is 45.7 Å². The van der Waals surface area contributed by atoms with Crippen LogP contribution in [0.4, 0.5) is 0 Å². The highest BCUT2D eigenvalue weighted by atomic mass is 32.1. The van der Waals surface area contributed by atoms with E-state index in [4.69, 9.17) is 17.0 Å². The molecule has 3 aromatic carbocycles. The maximum Gasteiger partial charge on any atom is 0.187 e. The van der Waals surface area contributed by atoms with E-state index in [1.54, 1.807) is 6.21 Å². The Morgan fingerprint density at radius 2 is 1.50 bits per heavy atom. The Balaban J connectivity index is 1.38. The minimum Gasteiger partial charge on any atom is -0.493 e. The summed E-state index contributed by atoms with van der Waals surface area (Å²) in [5, 5.41) is 7.77. The second-order valence-corrected chi connectivity index (χ2v) is 6.60. The van der Waals surface area contributed by atoms with Gasteiger partial charge in [0.2, 0.25) is 0 Å². The van der Waals surface area contributed by atoms with Crippen molar-refractivity contribution in [3.8, 4) is 5.75 Å². The fourth-order valence-corrected chi connectivity index (χ4v) is 2.69. The van der Waals surface area contributed by atoms with Crippen LogP contribution in [0.25, 0.3) is 0 Å². The van der Waals surface area contributed by atoms with Gasteiger partial charge in [0.15, 0.2) is 5.11 Å². The molecule has 3 rings (SSSR count). The van der Waals surface area contributed by atoms with E-state index in [-0.39, 0.29) is 0 Å². The highest BCUT2D eigenvalue weighted by molar-refractivity contribution is 7.80. The largest absolute Gasteiger partial charge is 0.493 e. The van der Waals surface area contributed by atoms with Crippen LogP contribution < -0.4 is 15.5 Å². The van der Waals surface area contributed by atoms with Crippen molar-refractivity contribution in [2.24, 2.45) is 5.10 Å². The third kappa shape index (κ3) is 6.85. The van der Waals surface area contributed by atoms with Gasteiger partial charge in [-0.3, -0.25) is 5.43 Å². The molecular formula is C23H23N3OS. The normalized spacial score (nSPS) is 10.6. The van der Waals surface area contributed by atoms with Gasteiger partial charge in [0.1, 0.15) is 5.75 Å². The third-order valence-corrected chi connectivity index (χ3v) is 4.29. The molecular weight excluding hydrogens is 366 g/mol. The van der Waals surface area contributed by atoms with Crippen LogP contribution in [0.2, 0.25) is 0 Å². The summed E-state index contributed by atoms with van der Waals surface area (Å²) in [6.07, 6.45) is 2.62. The minimum absolute atomic E-state index is 0.487. The lowest BCUT2D eigenvalue weighted by molar-refractivity contribution is 0.322. The van der Waals surface area contributed by atoms with Gasteiger partial charge in [0.25, 0.3) is 0 Å². The van der Waals surface area contributed by atoms with Gasteiger partial charge in [-0.1, -0.05) is 60.7 Å². The number of nitrogens with one attached hydrogen (secondary N) is 2. The first-order valence-corrected chi connectivity index (χ1v) is 9.58. The van der Waals surface area contributed by atoms with Gasteiger partial charge in [0, 0.05) is 13.0 Å². The molecule has 0 atom stereocenters. The first-order chi connectivity index (χ1) is 13.8. The van der Waals surface area contributed by atoms with Gasteiger partial charge in [-0.2, -0.15) is 5.10 Å². The summed E-state index contributed by atoms with van der Waals surface area (Å²) in [6, 6.07) is 28.2. The van der Waals surface area contributed by atoms with Crippen LogP contribution in [0, 0.1) is 0 Å². The van der Waals surface area contributed by atoms with E-state index in [0.717, 1.165) is 17.7 Å². The zero-order valence-corrected chi connectivity index (χ0v) is 16.4. The van der Waals surface area contributed by atoms with Crippen LogP contribution >= 0.6 is 12.2 Å². The molecule has 0 heterocycles. The van der Waals surface area contributed by atoms with Crippen molar-refractivity contribution >= 4 is 23.5 Å². The Bertz CT molecular complexity index is 881. The number of hydrogen-bond donors (Lipinski definition) is 2. The van der Waals surface area contributed by atoms with Crippen molar-refractivity contribution in [1.82, 2.24) is 10.7 Å². The van der Waals surface area contributed by atoms with Crippen molar-refractivity contribution < 1.29 is 4.74 Å². The SMILES string of the molecule is S=C(NCc1ccccc1)N/N=C/c1ccc(OCCc2ccccc2)cc1. The lowest BCUT2D eigenvalue weighted by Crippen LogP contribution is -2.31. The fraction of sp³-hybridized carbons (Fsp3) is 0.130. The molecule has 0 aliphatic heterocycles. The lowest BCUT2D eigenvalue weighted by Gasteiger charge is -2.07. The van der Waals surface area contributed by atoms with E-state index in [0.29, 0.717) is 18.3 Å². The number of thiocarbonyl (C=S) groups is 1. The maximum atomic E-state index is 5.79. The predicted octanol–water partition coefficient (Wildman–Crippen LogP) is 4.31. The van der Waals surface area contributed by atoms with Crippen LogP contribution in [0.5, 0.6) is 5.75 Å². The molecule has 5 heteroatoms. The van der Waals surface area contributed by atoms with Crippen LogP contribution in [0.15, 0.2) is 90.0 Å². The molecule has 0 fully saturated rings. The average molecular weight is 390 g/mol. The second kappa shape index (κ2) is 10.8. The number of benzene rings is 3. The summed E-state index contributed by atoms with van der Waals surface area (Å²) in [7, 11) is 0. The third-order valence-electron chi connectivity index (χ3n) is 4.06. The van der Waals surface area contributed by atoms with E-state index in [1.807, 2.05) is 72.8 Å². The number of hydrazone groups is 1. The molecule has 0 amide bonds. The smallest absolute Gasteiger partial charge is 0.187 e. The zero-order valence-electron chi connectivity index (χ0n) is 15.5. The van der Waals surface area contributed by atoms with Gasteiger partial charge >= 0.3 is 0 Å². The van der Waals surface area contributed by atoms with Gasteiger partial charge in [-0.15, -0.1) is 0 Å². The van der Waals surface area contributed by atoms with Gasteiger partial charge in [0.05, 0.1) is 12.8 Å². The molecule has 0 radical (unpaired) electrons. The molecule has 0 saturated heterocycles. The average Bonchev–Trinajstić information content (AvgIpc) is 2.75. The number of ether oxygens (including phenoxy) is 1. The minimum atomic E-state index is 0.487. The molecule has 3 aromatic rings. The summed E-state index contributed by atoms with van der Waals surface area (Å²) in [4.78, 5) is 0. The Morgan fingerprint density at radius 1 is 0.857 bits per heavy atom. The lowest BCUT2D eigenvalue weighted by atomic mass is 10.2. The number of rotatable bonds is 8. The molecule has 0 aromatic heterocycles. The second-order valence-electron chi connectivity index (χ2n) is 6.19. The molecule has 2 N–H and O–H groups in total.